The predicted octanol–water partition coefficient (Wildman–Crippen LogP) is 6.19. The number of carbonyl (C=O) groups excluding carboxylic acids is 1. The van der Waals surface area contributed by atoms with Crippen LogP contribution in [-0.2, 0) is 27.4 Å². The highest BCUT2D eigenvalue weighted by Crippen LogP contribution is 2.35. The van der Waals surface area contributed by atoms with Crippen molar-refractivity contribution in [3.05, 3.63) is 88.0 Å². The molecule has 0 aliphatic heterocycles. The molecule has 0 saturated heterocycles. The maximum absolute atomic E-state index is 12.6. The number of aliphatic hydroxyl groups is 1. The fraction of sp³-hybridized carbons (Fsp3) is 0.424. The molecule has 0 amide bonds. The zero-order chi connectivity index (χ0) is 29.4. The van der Waals surface area contributed by atoms with E-state index in [1.165, 1.54) is 0 Å². The molecular weight excluding hydrogens is 518 g/mol. The van der Waals surface area contributed by atoms with E-state index in [4.69, 9.17) is 14.2 Å². The average Bonchev–Trinajstić information content (AvgIpc) is 3.38. The average molecular weight is 560 g/mol. The molecule has 8 nitrogen and oxygen atoms in total. The van der Waals surface area contributed by atoms with Gasteiger partial charge >= 0.3 is 5.97 Å². The van der Waals surface area contributed by atoms with Gasteiger partial charge in [-0.25, -0.2) is 4.68 Å². The zero-order valence-corrected chi connectivity index (χ0v) is 24.7. The van der Waals surface area contributed by atoms with E-state index in [1.54, 1.807) is 14.0 Å². The van der Waals surface area contributed by atoms with Crippen LogP contribution in [-0.4, -0.2) is 46.4 Å². The van der Waals surface area contributed by atoms with E-state index in [2.05, 4.69) is 16.4 Å². The summed E-state index contributed by atoms with van der Waals surface area (Å²) in [7, 11) is 1.66. The van der Waals surface area contributed by atoms with E-state index >= 15 is 0 Å². The molecule has 0 bridgehead atoms. The number of methoxy groups -OCH3 is 1. The minimum atomic E-state index is -0.602. The molecule has 8 heteroatoms. The standard InChI is InChI=1S/C33H41N3O5/c1-6-41-32(38)20-30(26-12-9-22(2)29(19-26)24(4)37)28-15-16-31-33(23(28)3)34-35-36(31)17-7-8-18-40-21-25-10-13-27(39-5)14-11-25/h9-16,19,24,30,37H,6-8,17-18,20-21H2,1-5H3/t24-,30?/m1/s1. The van der Waals surface area contributed by atoms with Crippen LogP contribution in [0.15, 0.2) is 54.6 Å². The number of aliphatic hydroxyl groups excluding tert-OH is 1. The predicted molar refractivity (Wildman–Crippen MR) is 159 cm³/mol. The van der Waals surface area contributed by atoms with Crippen molar-refractivity contribution < 1.29 is 24.1 Å². The Balaban J connectivity index is 1.46. The van der Waals surface area contributed by atoms with E-state index in [0.29, 0.717) is 19.8 Å². The monoisotopic (exact) mass is 559 g/mol. The molecule has 0 saturated carbocycles. The van der Waals surface area contributed by atoms with E-state index in [1.807, 2.05) is 74.0 Å². The van der Waals surface area contributed by atoms with E-state index in [0.717, 1.165) is 69.6 Å². The molecule has 4 aromatic rings. The minimum Gasteiger partial charge on any atom is -0.497 e. The second kappa shape index (κ2) is 14.2. The normalized spacial score (nSPS) is 12.8. The quantitative estimate of drug-likeness (QED) is 0.145. The van der Waals surface area contributed by atoms with E-state index in [-0.39, 0.29) is 18.3 Å². The number of aromatic nitrogens is 3. The summed E-state index contributed by atoms with van der Waals surface area (Å²) in [5, 5.41) is 19.3. The van der Waals surface area contributed by atoms with Crippen molar-refractivity contribution in [1.29, 1.82) is 0 Å². The lowest BCUT2D eigenvalue weighted by atomic mass is 9.84. The van der Waals surface area contributed by atoms with Crippen molar-refractivity contribution in [2.75, 3.05) is 20.3 Å². The Hall–Kier alpha value is -3.75. The van der Waals surface area contributed by atoms with Gasteiger partial charge in [0.25, 0.3) is 0 Å². The van der Waals surface area contributed by atoms with Crippen LogP contribution in [0.4, 0.5) is 0 Å². The lowest BCUT2D eigenvalue weighted by molar-refractivity contribution is -0.143. The number of carbonyl (C=O) groups is 1. The van der Waals surface area contributed by atoms with Crippen LogP contribution in [0.25, 0.3) is 11.0 Å². The highest BCUT2D eigenvalue weighted by atomic mass is 16.5. The van der Waals surface area contributed by atoms with Gasteiger partial charge in [-0.15, -0.1) is 5.10 Å². The minimum absolute atomic E-state index is 0.202. The Bertz CT molecular complexity index is 1450. The number of hydrogen-bond donors (Lipinski definition) is 1. The molecule has 3 aromatic carbocycles. The number of esters is 1. The lowest BCUT2D eigenvalue weighted by Crippen LogP contribution is -2.13. The van der Waals surface area contributed by atoms with Crippen molar-refractivity contribution in [3.8, 4) is 5.75 Å². The summed E-state index contributed by atoms with van der Waals surface area (Å²) in [6, 6.07) is 18.0. The molecule has 2 atom stereocenters. The van der Waals surface area contributed by atoms with Gasteiger partial charge in [-0.2, -0.15) is 0 Å². The highest BCUT2D eigenvalue weighted by Gasteiger charge is 2.24. The van der Waals surface area contributed by atoms with Crippen molar-refractivity contribution in [2.24, 2.45) is 0 Å². The summed E-state index contributed by atoms with van der Waals surface area (Å²) in [6.07, 6.45) is 1.43. The van der Waals surface area contributed by atoms with Crippen LogP contribution < -0.4 is 4.74 Å². The lowest BCUT2D eigenvalue weighted by Gasteiger charge is -2.21. The Morgan fingerprint density at radius 3 is 2.51 bits per heavy atom. The van der Waals surface area contributed by atoms with Gasteiger partial charge in [-0.1, -0.05) is 41.6 Å². The molecule has 218 valence electrons. The summed E-state index contributed by atoms with van der Waals surface area (Å²) in [5.41, 5.74) is 7.74. The van der Waals surface area contributed by atoms with E-state index < -0.39 is 6.10 Å². The van der Waals surface area contributed by atoms with Crippen LogP contribution in [0.2, 0.25) is 0 Å². The van der Waals surface area contributed by atoms with Gasteiger partial charge in [0.1, 0.15) is 11.3 Å². The summed E-state index contributed by atoms with van der Waals surface area (Å²) in [6.45, 7) is 9.90. The Kier molecular flexibility index (Phi) is 10.5. The third kappa shape index (κ3) is 7.51. The van der Waals surface area contributed by atoms with Gasteiger partial charge < -0.3 is 19.3 Å². The molecule has 1 aromatic heterocycles. The first kappa shape index (κ1) is 30.2. The van der Waals surface area contributed by atoms with Crippen LogP contribution in [0.3, 0.4) is 0 Å². The number of hydrogen-bond acceptors (Lipinski definition) is 7. The molecular formula is C33H41N3O5. The van der Waals surface area contributed by atoms with Crippen LogP contribution in [0.1, 0.15) is 78.5 Å². The summed E-state index contributed by atoms with van der Waals surface area (Å²) in [4.78, 5) is 12.6. The molecule has 1 heterocycles. The van der Waals surface area contributed by atoms with Crippen molar-refractivity contribution in [2.45, 2.75) is 72.1 Å². The molecule has 0 aliphatic rings. The maximum atomic E-state index is 12.6. The van der Waals surface area contributed by atoms with Crippen LogP contribution in [0, 0.1) is 13.8 Å². The molecule has 0 aliphatic carbocycles. The SMILES string of the molecule is CCOC(=O)CC(c1ccc(C)c([C@@H](C)O)c1)c1ccc2c(nnn2CCCCOCc2ccc(OC)cc2)c1C. The molecule has 0 fully saturated rings. The first-order chi connectivity index (χ1) is 19.8. The number of unbranched alkanes of at least 4 members (excludes halogenated alkanes) is 1. The largest absolute Gasteiger partial charge is 0.497 e. The van der Waals surface area contributed by atoms with Gasteiger partial charge in [0.05, 0.1) is 38.4 Å². The second-order valence-electron chi connectivity index (χ2n) is 10.4. The highest BCUT2D eigenvalue weighted by molar-refractivity contribution is 5.80. The Morgan fingerprint density at radius 2 is 1.80 bits per heavy atom. The second-order valence-corrected chi connectivity index (χ2v) is 10.4. The third-order valence-electron chi connectivity index (χ3n) is 7.53. The van der Waals surface area contributed by atoms with Crippen LogP contribution >= 0.6 is 0 Å². The molecule has 1 unspecified atom stereocenters. The topological polar surface area (TPSA) is 95.7 Å². The summed E-state index contributed by atoms with van der Waals surface area (Å²) >= 11 is 0. The summed E-state index contributed by atoms with van der Waals surface area (Å²) in [5.74, 6) is 0.352. The van der Waals surface area contributed by atoms with Crippen molar-refractivity contribution >= 4 is 17.0 Å². The first-order valence-electron chi connectivity index (χ1n) is 14.3. The van der Waals surface area contributed by atoms with E-state index in [9.17, 15) is 9.90 Å². The fourth-order valence-electron chi connectivity index (χ4n) is 5.22. The Morgan fingerprint density at radius 1 is 1.02 bits per heavy atom. The number of aryl methyl sites for hydroxylation is 3. The fourth-order valence-corrected chi connectivity index (χ4v) is 5.22. The molecule has 0 spiro atoms. The zero-order valence-electron chi connectivity index (χ0n) is 24.7. The number of benzene rings is 3. The number of fused-ring (bicyclic) bond motifs is 1. The summed E-state index contributed by atoms with van der Waals surface area (Å²) < 4.78 is 18.3. The van der Waals surface area contributed by atoms with Gasteiger partial charge in [-0.3, -0.25) is 4.79 Å². The van der Waals surface area contributed by atoms with Crippen molar-refractivity contribution in [3.63, 3.8) is 0 Å². The third-order valence-corrected chi connectivity index (χ3v) is 7.53. The van der Waals surface area contributed by atoms with Gasteiger partial charge in [-0.05, 0) is 92.1 Å². The molecule has 41 heavy (non-hydrogen) atoms. The first-order valence-corrected chi connectivity index (χ1v) is 14.3. The molecule has 4 rings (SSSR count). The number of ether oxygens (including phenoxy) is 3. The Labute approximate surface area is 242 Å². The maximum Gasteiger partial charge on any atom is 0.306 e. The molecule has 0 radical (unpaired) electrons. The van der Waals surface area contributed by atoms with Gasteiger partial charge in [0.15, 0.2) is 0 Å². The van der Waals surface area contributed by atoms with Gasteiger partial charge in [0.2, 0.25) is 0 Å². The van der Waals surface area contributed by atoms with Crippen molar-refractivity contribution in [1.82, 2.24) is 15.0 Å². The number of nitrogens with zero attached hydrogens (tertiary/aromatic N) is 3. The van der Waals surface area contributed by atoms with Crippen LogP contribution in [0.5, 0.6) is 5.75 Å². The smallest absolute Gasteiger partial charge is 0.306 e. The molecule has 1 N–H and O–H groups in total. The number of rotatable bonds is 14. The van der Waals surface area contributed by atoms with Gasteiger partial charge in [0, 0.05) is 19.1 Å².